The van der Waals surface area contributed by atoms with Gasteiger partial charge in [-0.15, -0.1) is 0 Å². The molecule has 23 heavy (non-hydrogen) atoms. The van der Waals surface area contributed by atoms with E-state index < -0.39 is 10.0 Å². The molecule has 1 unspecified atom stereocenters. The highest BCUT2D eigenvalue weighted by molar-refractivity contribution is 7.89. The lowest BCUT2D eigenvalue weighted by Crippen LogP contribution is -2.27. The Kier molecular flexibility index (Phi) is 6.29. The first kappa shape index (κ1) is 17.6. The van der Waals surface area contributed by atoms with Crippen molar-refractivity contribution in [3.8, 4) is 0 Å². The van der Waals surface area contributed by atoms with Gasteiger partial charge >= 0.3 is 0 Å². The highest BCUT2D eigenvalue weighted by atomic mass is 32.2. The summed E-state index contributed by atoms with van der Waals surface area (Å²) in [6.07, 6.45) is 0.824. The maximum absolute atomic E-state index is 11.8. The van der Waals surface area contributed by atoms with E-state index in [0.717, 1.165) is 18.5 Å². The second-order valence-corrected chi connectivity index (χ2v) is 7.05. The Morgan fingerprint density at radius 2 is 1.65 bits per heavy atom. The molecule has 6 heteroatoms. The van der Waals surface area contributed by atoms with Crippen LogP contribution in [-0.2, 0) is 27.8 Å². The van der Waals surface area contributed by atoms with E-state index in [1.54, 1.807) is 12.1 Å². The van der Waals surface area contributed by atoms with Crippen LogP contribution in [0.25, 0.3) is 0 Å². The minimum atomic E-state index is -3.59. The molecule has 0 saturated heterocycles. The van der Waals surface area contributed by atoms with E-state index in [1.165, 1.54) is 12.7 Å². The van der Waals surface area contributed by atoms with Gasteiger partial charge in [0.25, 0.3) is 10.0 Å². The Morgan fingerprint density at radius 3 is 2.26 bits per heavy atom. The quantitative estimate of drug-likeness (QED) is 0.727. The Labute approximate surface area is 137 Å². The first-order chi connectivity index (χ1) is 11.0. The third kappa shape index (κ3) is 5.44. The van der Waals surface area contributed by atoms with Gasteiger partial charge in [0, 0.05) is 12.6 Å². The molecule has 0 aliphatic carbocycles. The van der Waals surface area contributed by atoms with Crippen molar-refractivity contribution in [1.29, 1.82) is 0 Å². The van der Waals surface area contributed by atoms with Crippen LogP contribution < -0.4 is 10.2 Å². The molecule has 0 bridgehead atoms. The van der Waals surface area contributed by atoms with E-state index in [1.807, 2.05) is 35.2 Å². The van der Waals surface area contributed by atoms with E-state index in [2.05, 4.69) is 29.2 Å². The van der Waals surface area contributed by atoms with Crippen LogP contribution in [0.3, 0.4) is 0 Å². The van der Waals surface area contributed by atoms with Crippen molar-refractivity contribution in [3.05, 3.63) is 65.7 Å². The van der Waals surface area contributed by atoms with Gasteiger partial charge < -0.3 is 5.32 Å². The molecular weight excluding hydrogens is 312 g/mol. The molecule has 0 spiro atoms. The first-order valence-electron chi connectivity index (χ1n) is 7.42. The Balaban J connectivity index is 1.90. The number of benzene rings is 2. The van der Waals surface area contributed by atoms with Gasteiger partial charge in [-0.3, -0.25) is 4.84 Å². The maximum atomic E-state index is 11.8. The van der Waals surface area contributed by atoms with E-state index in [4.69, 9.17) is 0 Å². The van der Waals surface area contributed by atoms with Crippen LogP contribution in [0.15, 0.2) is 59.5 Å². The van der Waals surface area contributed by atoms with Crippen molar-refractivity contribution in [2.75, 3.05) is 7.11 Å². The Morgan fingerprint density at radius 1 is 1.00 bits per heavy atom. The standard InChI is InChI=1S/C17H22N2O3S/c1-14(18-13-16-6-4-3-5-7-16)12-15-8-10-17(11-9-15)23(20,21)19-22-2/h3-11,14,18-19H,12-13H2,1-2H3. The Hall–Kier alpha value is -1.73. The van der Waals surface area contributed by atoms with E-state index in [-0.39, 0.29) is 10.9 Å². The topological polar surface area (TPSA) is 67.4 Å². The molecule has 5 nitrogen and oxygen atoms in total. The summed E-state index contributed by atoms with van der Waals surface area (Å²) in [5.41, 5.74) is 2.32. The molecule has 2 aromatic rings. The molecule has 0 aromatic heterocycles. The number of hydrogen-bond acceptors (Lipinski definition) is 4. The van der Waals surface area contributed by atoms with E-state index in [9.17, 15) is 8.42 Å². The van der Waals surface area contributed by atoms with Gasteiger partial charge in [-0.1, -0.05) is 47.3 Å². The van der Waals surface area contributed by atoms with Crippen LogP contribution in [0.5, 0.6) is 0 Å². The van der Waals surface area contributed by atoms with Crippen molar-refractivity contribution in [1.82, 2.24) is 10.2 Å². The second-order valence-electron chi connectivity index (χ2n) is 5.41. The van der Waals surface area contributed by atoms with Gasteiger partial charge in [-0.2, -0.15) is 0 Å². The lowest BCUT2D eigenvalue weighted by molar-refractivity contribution is 0.153. The average Bonchev–Trinajstić information content (AvgIpc) is 2.54. The van der Waals surface area contributed by atoms with Crippen molar-refractivity contribution in [2.24, 2.45) is 0 Å². The summed E-state index contributed by atoms with van der Waals surface area (Å²) in [5.74, 6) is 0. The van der Waals surface area contributed by atoms with Crippen LogP contribution >= 0.6 is 0 Å². The SMILES string of the molecule is CONS(=O)(=O)c1ccc(CC(C)NCc2ccccc2)cc1. The summed E-state index contributed by atoms with van der Waals surface area (Å²) in [4.78, 5) is 6.67. The van der Waals surface area contributed by atoms with Gasteiger partial charge in [0.2, 0.25) is 0 Å². The number of hydrogen-bond donors (Lipinski definition) is 2. The lowest BCUT2D eigenvalue weighted by atomic mass is 10.1. The van der Waals surface area contributed by atoms with Crippen molar-refractivity contribution >= 4 is 10.0 Å². The molecule has 124 valence electrons. The summed E-state index contributed by atoms with van der Waals surface area (Å²) < 4.78 is 23.6. The largest absolute Gasteiger partial charge is 0.310 e. The van der Waals surface area contributed by atoms with Crippen molar-refractivity contribution in [3.63, 3.8) is 0 Å². The first-order valence-corrected chi connectivity index (χ1v) is 8.90. The summed E-state index contributed by atoms with van der Waals surface area (Å²) >= 11 is 0. The summed E-state index contributed by atoms with van der Waals surface area (Å²) in [6, 6.07) is 17.3. The van der Waals surface area contributed by atoms with Crippen LogP contribution in [0.4, 0.5) is 0 Å². The van der Waals surface area contributed by atoms with Crippen LogP contribution in [0.1, 0.15) is 18.1 Å². The number of nitrogens with one attached hydrogen (secondary N) is 2. The molecule has 0 aliphatic rings. The third-order valence-corrected chi connectivity index (χ3v) is 4.74. The van der Waals surface area contributed by atoms with Crippen LogP contribution in [0, 0.1) is 0 Å². The fourth-order valence-corrected chi connectivity index (χ4v) is 3.09. The molecule has 2 N–H and O–H groups in total. The summed E-state index contributed by atoms with van der Waals surface area (Å²) in [5, 5.41) is 3.46. The van der Waals surface area contributed by atoms with Crippen LogP contribution in [0.2, 0.25) is 0 Å². The maximum Gasteiger partial charge on any atom is 0.262 e. The normalized spacial score (nSPS) is 13.0. The zero-order valence-corrected chi connectivity index (χ0v) is 14.1. The predicted molar refractivity (Wildman–Crippen MR) is 90.2 cm³/mol. The van der Waals surface area contributed by atoms with Gasteiger partial charge in [0.15, 0.2) is 0 Å². The molecule has 2 rings (SSSR count). The summed E-state index contributed by atoms with van der Waals surface area (Å²) in [6.45, 7) is 2.92. The van der Waals surface area contributed by atoms with Crippen molar-refractivity contribution < 1.29 is 13.3 Å². The molecule has 0 aliphatic heterocycles. The molecule has 0 heterocycles. The van der Waals surface area contributed by atoms with Gasteiger partial charge in [0.1, 0.15) is 0 Å². The molecule has 2 aromatic carbocycles. The minimum absolute atomic E-state index is 0.188. The lowest BCUT2D eigenvalue weighted by Gasteiger charge is -2.14. The second kappa shape index (κ2) is 8.21. The van der Waals surface area contributed by atoms with E-state index in [0.29, 0.717) is 0 Å². The monoisotopic (exact) mass is 334 g/mol. The zero-order valence-electron chi connectivity index (χ0n) is 13.3. The molecule has 1 atom stereocenters. The average molecular weight is 334 g/mol. The van der Waals surface area contributed by atoms with Crippen LogP contribution in [-0.4, -0.2) is 21.6 Å². The van der Waals surface area contributed by atoms with E-state index >= 15 is 0 Å². The molecule has 0 fully saturated rings. The van der Waals surface area contributed by atoms with Gasteiger partial charge in [-0.25, -0.2) is 8.42 Å². The van der Waals surface area contributed by atoms with Gasteiger partial charge in [-0.05, 0) is 36.6 Å². The summed E-state index contributed by atoms with van der Waals surface area (Å²) in [7, 11) is -2.32. The number of sulfonamides is 1. The highest BCUT2D eigenvalue weighted by Gasteiger charge is 2.13. The smallest absolute Gasteiger partial charge is 0.262 e. The van der Waals surface area contributed by atoms with Gasteiger partial charge in [0.05, 0.1) is 12.0 Å². The molecule has 0 amide bonds. The molecule has 0 radical (unpaired) electrons. The molecule has 0 saturated carbocycles. The minimum Gasteiger partial charge on any atom is -0.310 e. The number of rotatable bonds is 8. The third-order valence-electron chi connectivity index (χ3n) is 3.47. The highest BCUT2D eigenvalue weighted by Crippen LogP contribution is 2.12. The fourth-order valence-electron chi connectivity index (χ4n) is 2.28. The fraction of sp³-hybridized carbons (Fsp3) is 0.294. The Bertz CT molecular complexity index is 700. The van der Waals surface area contributed by atoms with Crippen molar-refractivity contribution in [2.45, 2.75) is 30.8 Å². The molecular formula is C17H22N2O3S. The zero-order chi connectivity index (χ0) is 16.7. The predicted octanol–water partition coefficient (Wildman–Crippen LogP) is 2.25.